The molecule has 2 aromatic carbocycles. The minimum absolute atomic E-state index is 0.441. The maximum absolute atomic E-state index is 5.50. The zero-order valence-electron chi connectivity index (χ0n) is 20.2. The first kappa shape index (κ1) is 23.7. The third-order valence-corrected chi connectivity index (χ3v) is 6.72. The lowest BCUT2D eigenvalue weighted by Crippen LogP contribution is -2.47. The van der Waals surface area contributed by atoms with Crippen molar-refractivity contribution in [2.75, 3.05) is 45.9 Å². The number of fused-ring (bicyclic) bond motifs is 1. The van der Waals surface area contributed by atoms with Crippen molar-refractivity contribution in [3.8, 4) is 0 Å². The molecule has 6 nitrogen and oxygen atoms in total. The number of nitrogens with zero attached hydrogens (tertiary/aromatic N) is 3. The van der Waals surface area contributed by atoms with Gasteiger partial charge in [-0.2, -0.15) is 0 Å². The van der Waals surface area contributed by atoms with Gasteiger partial charge in [0, 0.05) is 51.9 Å². The van der Waals surface area contributed by atoms with Gasteiger partial charge >= 0.3 is 0 Å². The molecular formula is C27H39N5O. The first-order chi connectivity index (χ1) is 16.2. The van der Waals surface area contributed by atoms with E-state index >= 15 is 0 Å². The lowest BCUT2D eigenvalue weighted by Gasteiger charge is -2.34. The molecular weight excluding hydrogens is 410 g/mol. The van der Waals surface area contributed by atoms with Gasteiger partial charge in [-0.3, -0.25) is 9.80 Å². The van der Waals surface area contributed by atoms with E-state index in [2.05, 4.69) is 82.8 Å². The Bertz CT molecular complexity index is 909. The van der Waals surface area contributed by atoms with Crippen molar-refractivity contribution >= 4 is 5.96 Å². The van der Waals surface area contributed by atoms with E-state index in [1.807, 2.05) is 0 Å². The molecule has 178 valence electrons. The molecule has 0 amide bonds. The van der Waals surface area contributed by atoms with Crippen LogP contribution in [0.1, 0.15) is 36.1 Å². The summed E-state index contributed by atoms with van der Waals surface area (Å²) in [6, 6.07) is 18.0. The summed E-state index contributed by atoms with van der Waals surface area (Å²) in [6.07, 6.45) is 1.13. The zero-order chi connectivity index (χ0) is 22.9. The molecule has 1 unspecified atom stereocenters. The number of hydrogen-bond acceptors (Lipinski definition) is 4. The highest BCUT2D eigenvalue weighted by atomic mass is 16.5. The van der Waals surface area contributed by atoms with E-state index in [0.29, 0.717) is 12.6 Å². The molecule has 1 fully saturated rings. The molecule has 0 aromatic heterocycles. The molecule has 1 atom stereocenters. The van der Waals surface area contributed by atoms with E-state index < -0.39 is 0 Å². The van der Waals surface area contributed by atoms with Crippen LogP contribution in [0.5, 0.6) is 0 Å². The van der Waals surface area contributed by atoms with E-state index in [4.69, 9.17) is 9.73 Å². The van der Waals surface area contributed by atoms with Crippen LogP contribution < -0.4 is 10.6 Å². The van der Waals surface area contributed by atoms with Crippen LogP contribution in [0.15, 0.2) is 53.5 Å². The first-order valence-corrected chi connectivity index (χ1v) is 12.4. The topological polar surface area (TPSA) is 52.1 Å². The van der Waals surface area contributed by atoms with Crippen molar-refractivity contribution < 1.29 is 4.74 Å². The SMILES string of the molecule is CCNC(=NCc1ccccc1CN1CCOCC1)NCC(C)N1CCc2ccccc2C1. The average Bonchev–Trinajstić information content (AvgIpc) is 2.86. The second kappa shape index (κ2) is 12.2. The summed E-state index contributed by atoms with van der Waals surface area (Å²) in [6.45, 7) is 13.6. The minimum atomic E-state index is 0.441. The fourth-order valence-electron chi connectivity index (χ4n) is 4.64. The van der Waals surface area contributed by atoms with Crippen molar-refractivity contribution in [3.05, 3.63) is 70.8 Å². The maximum Gasteiger partial charge on any atom is 0.191 e. The van der Waals surface area contributed by atoms with Crippen LogP contribution in [0.2, 0.25) is 0 Å². The van der Waals surface area contributed by atoms with Gasteiger partial charge in [-0.25, -0.2) is 4.99 Å². The van der Waals surface area contributed by atoms with Crippen LogP contribution in [-0.4, -0.2) is 67.7 Å². The fourth-order valence-corrected chi connectivity index (χ4v) is 4.64. The van der Waals surface area contributed by atoms with Gasteiger partial charge in [-0.1, -0.05) is 48.5 Å². The number of guanidine groups is 1. The number of aliphatic imine (C=N–C) groups is 1. The molecule has 2 aliphatic rings. The minimum Gasteiger partial charge on any atom is -0.379 e. The van der Waals surface area contributed by atoms with Crippen LogP contribution >= 0.6 is 0 Å². The summed E-state index contributed by atoms with van der Waals surface area (Å²) in [7, 11) is 0. The molecule has 33 heavy (non-hydrogen) atoms. The van der Waals surface area contributed by atoms with Crippen molar-refractivity contribution in [1.82, 2.24) is 20.4 Å². The number of benzene rings is 2. The molecule has 1 saturated heterocycles. The van der Waals surface area contributed by atoms with Crippen molar-refractivity contribution in [1.29, 1.82) is 0 Å². The van der Waals surface area contributed by atoms with E-state index in [0.717, 1.165) is 71.4 Å². The van der Waals surface area contributed by atoms with Crippen LogP contribution in [-0.2, 0) is 30.8 Å². The smallest absolute Gasteiger partial charge is 0.191 e. The summed E-state index contributed by atoms with van der Waals surface area (Å²) in [5.74, 6) is 0.892. The third kappa shape index (κ3) is 6.79. The molecule has 0 saturated carbocycles. The van der Waals surface area contributed by atoms with Gasteiger partial charge in [-0.05, 0) is 42.5 Å². The van der Waals surface area contributed by atoms with Crippen molar-refractivity contribution in [2.24, 2.45) is 4.99 Å². The first-order valence-electron chi connectivity index (χ1n) is 12.4. The monoisotopic (exact) mass is 449 g/mol. The summed E-state index contributed by atoms with van der Waals surface area (Å²) in [4.78, 5) is 9.96. The molecule has 6 heteroatoms. The summed E-state index contributed by atoms with van der Waals surface area (Å²) in [5, 5.41) is 7.00. The van der Waals surface area contributed by atoms with Gasteiger partial charge in [0.1, 0.15) is 0 Å². The van der Waals surface area contributed by atoms with E-state index in [1.165, 1.54) is 22.3 Å². The van der Waals surface area contributed by atoms with E-state index in [9.17, 15) is 0 Å². The molecule has 2 aliphatic heterocycles. The molecule has 2 heterocycles. The second-order valence-electron chi connectivity index (χ2n) is 9.07. The Morgan fingerprint density at radius 3 is 2.48 bits per heavy atom. The molecule has 0 spiro atoms. The number of rotatable bonds is 8. The summed E-state index contributed by atoms with van der Waals surface area (Å²) in [5.41, 5.74) is 5.62. The molecule has 2 N–H and O–H groups in total. The van der Waals surface area contributed by atoms with Gasteiger partial charge < -0.3 is 15.4 Å². The van der Waals surface area contributed by atoms with Crippen molar-refractivity contribution in [2.45, 2.75) is 45.9 Å². The highest BCUT2D eigenvalue weighted by molar-refractivity contribution is 5.79. The molecule has 0 radical (unpaired) electrons. The number of hydrogen-bond donors (Lipinski definition) is 2. The van der Waals surface area contributed by atoms with E-state index in [1.54, 1.807) is 0 Å². The standard InChI is InChI=1S/C27H39N5O/c1-3-28-27(29-18-22(2)32-13-12-23-8-4-6-11-26(23)21-32)30-19-24-9-5-7-10-25(24)20-31-14-16-33-17-15-31/h4-11,22H,3,12-21H2,1-2H3,(H2,28,29,30). The average molecular weight is 450 g/mol. The Kier molecular flexibility index (Phi) is 8.75. The predicted molar refractivity (Wildman–Crippen MR) is 135 cm³/mol. The van der Waals surface area contributed by atoms with Crippen LogP contribution in [0.4, 0.5) is 0 Å². The third-order valence-electron chi connectivity index (χ3n) is 6.72. The Morgan fingerprint density at radius 2 is 1.70 bits per heavy atom. The van der Waals surface area contributed by atoms with Gasteiger partial charge in [0.15, 0.2) is 5.96 Å². The summed E-state index contributed by atoms with van der Waals surface area (Å²) < 4.78 is 5.50. The molecule has 0 aliphatic carbocycles. The second-order valence-corrected chi connectivity index (χ2v) is 9.07. The van der Waals surface area contributed by atoms with Gasteiger partial charge in [0.05, 0.1) is 19.8 Å². The summed E-state index contributed by atoms with van der Waals surface area (Å²) >= 11 is 0. The van der Waals surface area contributed by atoms with Crippen LogP contribution in [0.3, 0.4) is 0 Å². The van der Waals surface area contributed by atoms with E-state index in [-0.39, 0.29) is 0 Å². The molecule has 0 bridgehead atoms. The molecule has 2 aromatic rings. The van der Waals surface area contributed by atoms with Crippen molar-refractivity contribution in [3.63, 3.8) is 0 Å². The predicted octanol–water partition coefficient (Wildman–Crippen LogP) is 3.02. The molecule has 4 rings (SSSR count). The van der Waals surface area contributed by atoms with Gasteiger partial charge in [0.25, 0.3) is 0 Å². The van der Waals surface area contributed by atoms with Gasteiger partial charge in [-0.15, -0.1) is 0 Å². The van der Waals surface area contributed by atoms with Crippen LogP contribution in [0, 0.1) is 0 Å². The highest BCUT2D eigenvalue weighted by Gasteiger charge is 2.20. The van der Waals surface area contributed by atoms with Crippen LogP contribution in [0.25, 0.3) is 0 Å². The Balaban J connectivity index is 1.33. The normalized spacial score (nSPS) is 18.5. The zero-order valence-corrected chi connectivity index (χ0v) is 20.2. The number of ether oxygens (including phenoxy) is 1. The quantitative estimate of drug-likeness (QED) is 0.479. The highest BCUT2D eigenvalue weighted by Crippen LogP contribution is 2.20. The number of morpholine rings is 1. The lowest BCUT2D eigenvalue weighted by atomic mass is 9.99. The fraction of sp³-hybridized carbons (Fsp3) is 0.519. The Labute approximate surface area is 199 Å². The van der Waals surface area contributed by atoms with Gasteiger partial charge in [0.2, 0.25) is 0 Å². The Morgan fingerprint density at radius 1 is 0.970 bits per heavy atom. The number of nitrogens with one attached hydrogen (secondary N) is 2. The largest absolute Gasteiger partial charge is 0.379 e. The maximum atomic E-state index is 5.50. The Hall–Kier alpha value is -2.41. The lowest BCUT2D eigenvalue weighted by molar-refractivity contribution is 0.0341.